The summed E-state index contributed by atoms with van der Waals surface area (Å²) in [6.45, 7) is -0.142. The number of aryl methyl sites for hydroxylation is 4. The van der Waals surface area contributed by atoms with Gasteiger partial charge in [-0.2, -0.15) is 0 Å². The fraction of sp³-hybridized carbons (Fsp3) is 0.500. The molecule has 3 aromatic rings. The molecule has 0 unspecified atom stereocenters. The van der Waals surface area contributed by atoms with Crippen LogP contribution in [0, 0.1) is 0 Å². The largest absolute Gasteiger partial charge is 0.300 e. The summed E-state index contributed by atoms with van der Waals surface area (Å²) in [5.41, 5.74) is 2.00. The van der Waals surface area contributed by atoms with Gasteiger partial charge in [-0.15, -0.1) is 27.8 Å². The Morgan fingerprint density at radius 1 is 1.04 bits per heavy atom. The Balaban J connectivity index is 1.39. The Morgan fingerprint density at radius 3 is 2.67 bits per heavy atom. The van der Waals surface area contributed by atoms with Crippen LogP contribution in [-0.4, -0.2) is 25.9 Å². The van der Waals surface area contributed by atoms with Gasteiger partial charge in [-0.25, -0.2) is 9.67 Å². The van der Waals surface area contributed by atoms with Crippen molar-refractivity contribution in [2.75, 3.05) is 5.32 Å². The lowest BCUT2D eigenvalue weighted by Gasteiger charge is -2.10. The maximum atomic E-state index is 12.9. The van der Waals surface area contributed by atoms with E-state index in [2.05, 4.69) is 20.6 Å². The fourth-order valence-electron chi connectivity index (χ4n) is 3.91. The number of carbonyl (C=O) groups is 1. The average Bonchev–Trinajstić information content (AvgIpc) is 3.24. The average molecular weight is 402 g/mol. The highest BCUT2D eigenvalue weighted by atomic mass is 32.1. The van der Waals surface area contributed by atoms with E-state index in [0.717, 1.165) is 56.2 Å². The van der Waals surface area contributed by atoms with Gasteiger partial charge in [0.1, 0.15) is 6.54 Å². The van der Waals surface area contributed by atoms with E-state index in [1.54, 1.807) is 11.3 Å². The molecule has 1 amide bonds. The number of rotatable bonds is 3. The minimum Gasteiger partial charge on any atom is -0.300 e. The lowest BCUT2D eigenvalue weighted by molar-refractivity contribution is -0.117. The van der Waals surface area contributed by atoms with E-state index >= 15 is 0 Å². The number of anilines is 1. The number of carbonyl (C=O) groups excluding carboxylic acids is 1. The molecule has 1 N–H and O–H groups in total. The quantitative estimate of drug-likeness (QED) is 0.729. The molecule has 2 aliphatic rings. The lowest BCUT2D eigenvalue weighted by atomic mass is 9.97. The third kappa shape index (κ3) is 3.08. The number of nitrogens with one attached hydrogen (secondary N) is 1. The third-order valence-corrected chi connectivity index (χ3v) is 7.48. The molecular formula is C18H19N5O2S2. The zero-order valence-corrected chi connectivity index (χ0v) is 16.4. The molecule has 0 bridgehead atoms. The van der Waals surface area contributed by atoms with Gasteiger partial charge in [-0.05, 0) is 56.9 Å². The smallest absolute Gasteiger partial charge is 0.279 e. The number of hydrogen-bond donors (Lipinski definition) is 1. The van der Waals surface area contributed by atoms with Crippen LogP contribution < -0.4 is 10.9 Å². The van der Waals surface area contributed by atoms with Crippen LogP contribution in [0.3, 0.4) is 0 Å². The molecule has 0 aliphatic heterocycles. The molecule has 0 saturated heterocycles. The van der Waals surface area contributed by atoms with Crippen molar-refractivity contribution in [2.45, 2.75) is 57.9 Å². The van der Waals surface area contributed by atoms with Crippen LogP contribution in [0.2, 0.25) is 0 Å². The monoisotopic (exact) mass is 401 g/mol. The van der Waals surface area contributed by atoms with Gasteiger partial charge in [-0.1, -0.05) is 5.21 Å². The second kappa shape index (κ2) is 6.79. The van der Waals surface area contributed by atoms with Gasteiger partial charge in [0.15, 0.2) is 9.96 Å². The highest BCUT2D eigenvalue weighted by Crippen LogP contribution is 2.33. The number of amides is 1. The predicted octanol–water partition coefficient (Wildman–Crippen LogP) is 2.71. The van der Waals surface area contributed by atoms with Crippen LogP contribution in [0.4, 0.5) is 5.13 Å². The number of thiazole rings is 1. The Morgan fingerprint density at radius 2 is 1.81 bits per heavy atom. The minimum atomic E-state index is -0.291. The first-order valence-corrected chi connectivity index (χ1v) is 11.0. The van der Waals surface area contributed by atoms with E-state index in [1.807, 2.05) is 0 Å². The summed E-state index contributed by atoms with van der Waals surface area (Å²) in [6, 6.07) is 0. The number of nitrogens with zero attached hydrogens (tertiary/aromatic N) is 4. The van der Waals surface area contributed by atoms with Gasteiger partial charge >= 0.3 is 0 Å². The molecule has 5 rings (SSSR count). The first kappa shape index (κ1) is 17.0. The van der Waals surface area contributed by atoms with Crippen molar-refractivity contribution in [3.05, 3.63) is 31.4 Å². The molecule has 0 radical (unpaired) electrons. The molecule has 0 saturated carbocycles. The second-order valence-electron chi connectivity index (χ2n) is 7.09. The maximum Gasteiger partial charge on any atom is 0.279 e. The van der Waals surface area contributed by atoms with E-state index in [4.69, 9.17) is 0 Å². The molecule has 0 spiro atoms. The predicted molar refractivity (Wildman–Crippen MR) is 106 cm³/mol. The molecule has 2 aliphatic carbocycles. The Labute approximate surface area is 163 Å². The first-order valence-electron chi connectivity index (χ1n) is 9.35. The van der Waals surface area contributed by atoms with Crippen LogP contribution in [0.25, 0.3) is 10.2 Å². The van der Waals surface area contributed by atoms with Crippen LogP contribution in [-0.2, 0) is 37.0 Å². The van der Waals surface area contributed by atoms with Gasteiger partial charge in [0, 0.05) is 9.75 Å². The molecule has 0 aromatic carbocycles. The first-order chi connectivity index (χ1) is 13.2. The van der Waals surface area contributed by atoms with E-state index in [9.17, 15) is 9.59 Å². The number of aromatic nitrogens is 4. The molecule has 0 fully saturated rings. The molecule has 3 aromatic heterocycles. The summed E-state index contributed by atoms with van der Waals surface area (Å²) in [5.74, 6) is -0.291. The summed E-state index contributed by atoms with van der Waals surface area (Å²) < 4.78 is 1.17. The van der Waals surface area contributed by atoms with Crippen molar-refractivity contribution in [1.82, 2.24) is 20.0 Å². The summed E-state index contributed by atoms with van der Waals surface area (Å²) >= 11 is 3.10. The highest BCUT2D eigenvalue weighted by molar-refractivity contribution is 7.18. The second-order valence-corrected chi connectivity index (χ2v) is 9.25. The summed E-state index contributed by atoms with van der Waals surface area (Å²) in [7, 11) is 0. The Kier molecular flexibility index (Phi) is 4.28. The molecule has 9 heteroatoms. The van der Waals surface area contributed by atoms with Crippen LogP contribution >= 0.6 is 22.7 Å². The molecule has 0 atom stereocenters. The minimum absolute atomic E-state index is 0.142. The zero-order chi connectivity index (χ0) is 18.4. The topological polar surface area (TPSA) is 89.8 Å². The van der Waals surface area contributed by atoms with Crippen molar-refractivity contribution in [1.29, 1.82) is 0 Å². The van der Waals surface area contributed by atoms with Gasteiger partial charge in [0.05, 0.1) is 11.1 Å². The Bertz CT molecular complexity index is 1070. The van der Waals surface area contributed by atoms with E-state index in [1.165, 1.54) is 32.2 Å². The third-order valence-electron chi connectivity index (χ3n) is 5.23. The zero-order valence-electron chi connectivity index (χ0n) is 14.8. The summed E-state index contributed by atoms with van der Waals surface area (Å²) in [5, 5.41) is 12.3. The van der Waals surface area contributed by atoms with E-state index in [0.29, 0.717) is 15.3 Å². The van der Waals surface area contributed by atoms with E-state index < -0.39 is 0 Å². The fourth-order valence-corrected chi connectivity index (χ4v) is 6.17. The van der Waals surface area contributed by atoms with Crippen molar-refractivity contribution < 1.29 is 4.79 Å². The normalized spacial score (nSPS) is 16.1. The molecular weight excluding hydrogens is 382 g/mol. The standard InChI is InChI=1S/C18H19N5O2S2/c24-14(20-18-19-11-6-2-4-8-13(11)27-18)9-23-17(25)15-10-5-1-3-7-12(10)26-16(15)21-22-23/h1-9H2,(H,19,20,24). The SMILES string of the molecule is O=C(Cn1nnc2sc3c(c2c1=O)CCCC3)Nc1nc2c(s1)CCCC2. The summed E-state index contributed by atoms with van der Waals surface area (Å²) in [4.78, 5) is 33.0. The molecule has 140 valence electrons. The van der Waals surface area contributed by atoms with Crippen molar-refractivity contribution in [3.8, 4) is 0 Å². The Hall–Kier alpha value is -2.13. The van der Waals surface area contributed by atoms with Crippen molar-refractivity contribution in [2.24, 2.45) is 0 Å². The summed E-state index contributed by atoms with van der Waals surface area (Å²) in [6.07, 6.45) is 8.51. The van der Waals surface area contributed by atoms with Gasteiger partial charge in [-0.3, -0.25) is 9.59 Å². The van der Waals surface area contributed by atoms with Gasteiger partial charge in [0.2, 0.25) is 5.91 Å². The van der Waals surface area contributed by atoms with E-state index in [-0.39, 0.29) is 18.0 Å². The van der Waals surface area contributed by atoms with Crippen molar-refractivity contribution in [3.63, 3.8) is 0 Å². The van der Waals surface area contributed by atoms with Crippen LogP contribution in [0.1, 0.15) is 46.7 Å². The van der Waals surface area contributed by atoms with Gasteiger partial charge < -0.3 is 5.32 Å². The molecule has 3 heterocycles. The van der Waals surface area contributed by atoms with Gasteiger partial charge in [0.25, 0.3) is 5.56 Å². The molecule has 7 nitrogen and oxygen atoms in total. The van der Waals surface area contributed by atoms with Crippen LogP contribution in [0.15, 0.2) is 4.79 Å². The number of fused-ring (bicyclic) bond motifs is 4. The maximum absolute atomic E-state index is 12.9. The van der Waals surface area contributed by atoms with Crippen molar-refractivity contribution >= 4 is 43.9 Å². The number of thiophene rings is 1. The lowest BCUT2D eigenvalue weighted by Crippen LogP contribution is -2.30. The molecule has 27 heavy (non-hydrogen) atoms. The number of hydrogen-bond acceptors (Lipinski definition) is 7. The van der Waals surface area contributed by atoms with Crippen LogP contribution in [0.5, 0.6) is 0 Å². The highest BCUT2D eigenvalue weighted by Gasteiger charge is 2.22.